The SMILES string of the molecule is CN(C)Cc1cccc(NC(=O)c2[nH]ncc2Br)c1. The molecular formula is C13H15BrN4O. The van der Waals surface area contributed by atoms with Crippen molar-refractivity contribution in [3.63, 3.8) is 0 Å². The maximum absolute atomic E-state index is 12.0. The standard InChI is InChI=1S/C13H15BrN4O/c1-18(2)8-9-4-3-5-10(6-9)16-13(19)12-11(14)7-15-17-12/h3-7H,8H2,1-2H3,(H,15,17)(H,16,19). The number of nitrogens with one attached hydrogen (secondary N) is 2. The molecule has 100 valence electrons. The second kappa shape index (κ2) is 5.99. The van der Waals surface area contributed by atoms with Crippen molar-refractivity contribution in [3.8, 4) is 0 Å². The van der Waals surface area contributed by atoms with Crippen molar-refractivity contribution in [3.05, 3.63) is 46.2 Å². The minimum Gasteiger partial charge on any atom is -0.321 e. The zero-order valence-electron chi connectivity index (χ0n) is 10.8. The highest BCUT2D eigenvalue weighted by atomic mass is 79.9. The first kappa shape index (κ1) is 13.8. The highest BCUT2D eigenvalue weighted by molar-refractivity contribution is 9.10. The largest absolute Gasteiger partial charge is 0.321 e. The molecule has 0 spiro atoms. The molecule has 0 saturated heterocycles. The van der Waals surface area contributed by atoms with Crippen LogP contribution in [0.1, 0.15) is 16.1 Å². The van der Waals surface area contributed by atoms with Gasteiger partial charge in [0.25, 0.3) is 5.91 Å². The minimum absolute atomic E-state index is 0.216. The molecule has 2 rings (SSSR count). The zero-order chi connectivity index (χ0) is 13.8. The molecule has 0 aliphatic carbocycles. The Kier molecular flexibility index (Phi) is 4.34. The molecule has 0 aliphatic rings. The predicted molar refractivity (Wildman–Crippen MR) is 78.1 cm³/mol. The summed E-state index contributed by atoms with van der Waals surface area (Å²) in [6.45, 7) is 0.831. The second-order valence-electron chi connectivity index (χ2n) is 4.49. The number of anilines is 1. The molecule has 2 aromatic rings. The third kappa shape index (κ3) is 3.65. The van der Waals surface area contributed by atoms with Crippen LogP contribution < -0.4 is 5.32 Å². The Balaban J connectivity index is 2.11. The number of rotatable bonds is 4. The van der Waals surface area contributed by atoms with Gasteiger partial charge in [-0.05, 0) is 47.7 Å². The van der Waals surface area contributed by atoms with Gasteiger partial charge in [-0.2, -0.15) is 5.10 Å². The van der Waals surface area contributed by atoms with Crippen LogP contribution >= 0.6 is 15.9 Å². The molecule has 1 aromatic heterocycles. The number of aromatic nitrogens is 2. The highest BCUT2D eigenvalue weighted by Crippen LogP contribution is 2.16. The fraction of sp³-hybridized carbons (Fsp3) is 0.231. The number of amides is 1. The number of H-pyrrole nitrogens is 1. The van der Waals surface area contributed by atoms with E-state index in [1.807, 2.05) is 38.4 Å². The van der Waals surface area contributed by atoms with E-state index in [4.69, 9.17) is 0 Å². The average molecular weight is 323 g/mol. The average Bonchev–Trinajstić information content (AvgIpc) is 2.75. The molecule has 0 bridgehead atoms. The van der Waals surface area contributed by atoms with Gasteiger partial charge >= 0.3 is 0 Å². The van der Waals surface area contributed by atoms with Crippen molar-refractivity contribution in [2.24, 2.45) is 0 Å². The van der Waals surface area contributed by atoms with Crippen LogP contribution in [0.2, 0.25) is 0 Å². The van der Waals surface area contributed by atoms with Gasteiger partial charge in [0.2, 0.25) is 0 Å². The third-order valence-corrected chi connectivity index (χ3v) is 3.11. The summed E-state index contributed by atoms with van der Waals surface area (Å²) in [5.74, 6) is -0.216. The number of carbonyl (C=O) groups excluding carboxylic acids is 1. The number of hydrogen-bond donors (Lipinski definition) is 2. The van der Waals surface area contributed by atoms with E-state index in [2.05, 4.69) is 36.3 Å². The van der Waals surface area contributed by atoms with Gasteiger partial charge in [-0.25, -0.2) is 0 Å². The lowest BCUT2D eigenvalue weighted by atomic mass is 10.2. The van der Waals surface area contributed by atoms with E-state index in [0.717, 1.165) is 17.8 Å². The molecule has 0 atom stereocenters. The number of hydrogen-bond acceptors (Lipinski definition) is 3. The Morgan fingerprint density at radius 1 is 1.47 bits per heavy atom. The smallest absolute Gasteiger partial charge is 0.274 e. The Morgan fingerprint density at radius 2 is 2.26 bits per heavy atom. The quantitative estimate of drug-likeness (QED) is 0.909. The van der Waals surface area contributed by atoms with Crippen LogP contribution in [0.4, 0.5) is 5.69 Å². The first-order valence-electron chi connectivity index (χ1n) is 5.80. The first-order chi connectivity index (χ1) is 9.06. The predicted octanol–water partition coefficient (Wildman–Crippen LogP) is 2.49. The lowest BCUT2D eigenvalue weighted by Gasteiger charge is -2.11. The molecule has 0 radical (unpaired) electrons. The lowest BCUT2D eigenvalue weighted by Crippen LogP contribution is -2.14. The molecule has 1 heterocycles. The molecule has 1 aromatic carbocycles. The second-order valence-corrected chi connectivity index (χ2v) is 5.34. The summed E-state index contributed by atoms with van der Waals surface area (Å²) in [6, 6.07) is 7.78. The number of aromatic amines is 1. The third-order valence-electron chi connectivity index (χ3n) is 2.50. The minimum atomic E-state index is -0.216. The Morgan fingerprint density at radius 3 is 2.89 bits per heavy atom. The van der Waals surface area contributed by atoms with Crippen molar-refractivity contribution in [2.75, 3.05) is 19.4 Å². The van der Waals surface area contributed by atoms with Gasteiger partial charge in [0.05, 0.1) is 10.7 Å². The van der Waals surface area contributed by atoms with Gasteiger partial charge in [0.1, 0.15) is 5.69 Å². The number of nitrogens with zero attached hydrogens (tertiary/aromatic N) is 2. The molecule has 6 heteroatoms. The molecule has 0 saturated carbocycles. The van der Waals surface area contributed by atoms with E-state index < -0.39 is 0 Å². The Bertz CT molecular complexity index is 580. The molecule has 0 aliphatic heterocycles. The summed E-state index contributed by atoms with van der Waals surface area (Å²) >= 11 is 3.27. The molecule has 19 heavy (non-hydrogen) atoms. The van der Waals surface area contributed by atoms with Crippen LogP contribution in [0.25, 0.3) is 0 Å². The monoisotopic (exact) mass is 322 g/mol. The first-order valence-corrected chi connectivity index (χ1v) is 6.59. The molecule has 1 amide bonds. The van der Waals surface area contributed by atoms with Crippen molar-refractivity contribution in [1.29, 1.82) is 0 Å². The lowest BCUT2D eigenvalue weighted by molar-refractivity contribution is 0.102. The van der Waals surface area contributed by atoms with Crippen molar-refractivity contribution in [2.45, 2.75) is 6.54 Å². The maximum Gasteiger partial charge on any atom is 0.274 e. The Labute approximate surface area is 120 Å². The van der Waals surface area contributed by atoms with E-state index in [9.17, 15) is 4.79 Å². The summed E-state index contributed by atoms with van der Waals surface area (Å²) in [4.78, 5) is 14.1. The highest BCUT2D eigenvalue weighted by Gasteiger charge is 2.12. The van der Waals surface area contributed by atoms with Crippen LogP contribution in [-0.2, 0) is 6.54 Å². The summed E-state index contributed by atoms with van der Waals surface area (Å²) in [5.41, 5.74) is 2.33. The van der Waals surface area contributed by atoms with Gasteiger partial charge < -0.3 is 10.2 Å². The summed E-state index contributed by atoms with van der Waals surface area (Å²) in [7, 11) is 4.01. The molecular weight excluding hydrogens is 308 g/mol. The zero-order valence-corrected chi connectivity index (χ0v) is 12.4. The van der Waals surface area contributed by atoms with Crippen LogP contribution in [0.5, 0.6) is 0 Å². The van der Waals surface area contributed by atoms with Crippen LogP contribution in [0.15, 0.2) is 34.9 Å². The van der Waals surface area contributed by atoms with E-state index >= 15 is 0 Å². The van der Waals surface area contributed by atoms with Gasteiger partial charge in [-0.15, -0.1) is 0 Å². The topological polar surface area (TPSA) is 61.0 Å². The van der Waals surface area contributed by atoms with Crippen LogP contribution in [0, 0.1) is 0 Å². The van der Waals surface area contributed by atoms with E-state index in [-0.39, 0.29) is 5.91 Å². The van der Waals surface area contributed by atoms with E-state index in [1.165, 1.54) is 0 Å². The molecule has 2 N–H and O–H groups in total. The fourth-order valence-electron chi connectivity index (χ4n) is 1.74. The summed E-state index contributed by atoms with van der Waals surface area (Å²) in [6.07, 6.45) is 1.55. The van der Waals surface area contributed by atoms with Crippen LogP contribution in [-0.4, -0.2) is 35.1 Å². The van der Waals surface area contributed by atoms with Crippen LogP contribution in [0.3, 0.4) is 0 Å². The molecule has 5 nitrogen and oxygen atoms in total. The number of benzene rings is 1. The molecule has 0 unspecified atom stereocenters. The van der Waals surface area contributed by atoms with Gasteiger partial charge in [0, 0.05) is 12.2 Å². The number of carbonyl (C=O) groups is 1. The van der Waals surface area contributed by atoms with Gasteiger partial charge in [-0.3, -0.25) is 9.89 Å². The van der Waals surface area contributed by atoms with E-state index in [0.29, 0.717) is 10.2 Å². The van der Waals surface area contributed by atoms with Crippen molar-refractivity contribution >= 4 is 27.5 Å². The Hall–Kier alpha value is -1.66. The van der Waals surface area contributed by atoms with E-state index in [1.54, 1.807) is 6.20 Å². The normalized spacial score (nSPS) is 10.7. The van der Waals surface area contributed by atoms with Crippen molar-refractivity contribution in [1.82, 2.24) is 15.1 Å². The maximum atomic E-state index is 12.0. The van der Waals surface area contributed by atoms with Gasteiger partial charge in [-0.1, -0.05) is 12.1 Å². The summed E-state index contributed by atoms with van der Waals surface area (Å²) < 4.78 is 0.648. The van der Waals surface area contributed by atoms with Crippen molar-refractivity contribution < 1.29 is 4.79 Å². The fourth-order valence-corrected chi connectivity index (χ4v) is 2.11. The summed E-state index contributed by atoms with van der Waals surface area (Å²) in [5, 5.41) is 9.30. The molecule has 0 fully saturated rings. The van der Waals surface area contributed by atoms with Gasteiger partial charge in [0.15, 0.2) is 0 Å². The number of halogens is 1.